The Labute approximate surface area is 184 Å². The van der Waals surface area contributed by atoms with E-state index < -0.39 is 4.87 Å². The minimum absolute atomic E-state index is 0.0889. The third-order valence-electron chi connectivity index (χ3n) is 5.87. The molecular weight excluding hydrogens is 411 g/mol. The summed E-state index contributed by atoms with van der Waals surface area (Å²) in [6.45, 7) is 2.30. The Hall–Kier alpha value is -3.12. The number of anilines is 2. The Morgan fingerprint density at radius 2 is 1.74 bits per heavy atom. The number of aryl methyl sites for hydroxylation is 1. The van der Waals surface area contributed by atoms with Gasteiger partial charge >= 0.3 is 0 Å². The quantitative estimate of drug-likeness (QED) is 0.591. The number of nitrogens with zero attached hydrogens (tertiary/aromatic N) is 2. The number of halogens is 1. The monoisotopic (exact) mass is 432 g/mol. The van der Waals surface area contributed by atoms with Crippen LogP contribution in [0.1, 0.15) is 23.6 Å². The van der Waals surface area contributed by atoms with Crippen LogP contribution in [0.4, 0.5) is 15.8 Å². The number of amides is 2. The summed E-state index contributed by atoms with van der Waals surface area (Å²) in [5.74, 6) is -0.371. The first-order chi connectivity index (χ1) is 15.0. The molecule has 0 bridgehead atoms. The maximum Gasteiger partial charge on any atom is 0.269 e. The lowest BCUT2D eigenvalue weighted by molar-refractivity contribution is -0.123. The van der Waals surface area contributed by atoms with Crippen molar-refractivity contribution in [3.05, 3.63) is 95.3 Å². The summed E-state index contributed by atoms with van der Waals surface area (Å²) in [7, 11) is 0. The number of carbonyl (C=O) groups excluding carboxylic acids is 2. The number of benzene rings is 3. The number of thioether (sulfide) groups is 1. The van der Waals surface area contributed by atoms with E-state index in [2.05, 4.69) is 6.92 Å². The first-order valence-corrected chi connectivity index (χ1v) is 11.2. The van der Waals surface area contributed by atoms with Crippen molar-refractivity contribution in [3.8, 4) is 0 Å². The van der Waals surface area contributed by atoms with Crippen LogP contribution in [-0.2, 0) is 27.4 Å². The van der Waals surface area contributed by atoms with Gasteiger partial charge in [0.2, 0.25) is 10.8 Å². The van der Waals surface area contributed by atoms with E-state index in [4.69, 9.17) is 0 Å². The Morgan fingerprint density at radius 1 is 0.968 bits per heavy atom. The lowest BCUT2D eigenvalue weighted by Crippen LogP contribution is -2.49. The zero-order valence-corrected chi connectivity index (χ0v) is 17.9. The Kier molecular flexibility index (Phi) is 4.82. The van der Waals surface area contributed by atoms with E-state index in [0.29, 0.717) is 5.56 Å². The molecule has 0 aliphatic carbocycles. The third-order valence-corrected chi connectivity index (χ3v) is 7.26. The van der Waals surface area contributed by atoms with Crippen molar-refractivity contribution in [3.63, 3.8) is 0 Å². The van der Waals surface area contributed by atoms with Crippen LogP contribution in [0.3, 0.4) is 0 Å². The van der Waals surface area contributed by atoms with Gasteiger partial charge in [-0.15, -0.1) is 11.8 Å². The van der Waals surface area contributed by atoms with E-state index in [0.717, 1.165) is 28.9 Å². The van der Waals surface area contributed by atoms with E-state index in [1.807, 2.05) is 48.5 Å². The minimum Gasteiger partial charge on any atom is -0.304 e. The molecule has 5 rings (SSSR count). The van der Waals surface area contributed by atoms with Gasteiger partial charge in [-0.3, -0.25) is 14.5 Å². The fourth-order valence-electron chi connectivity index (χ4n) is 4.45. The van der Waals surface area contributed by atoms with Crippen molar-refractivity contribution < 1.29 is 14.0 Å². The molecule has 1 saturated heterocycles. The molecule has 1 fully saturated rings. The topological polar surface area (TPSA) is 40.6 Å². The maximum atomic E-state index is 14.0. The van der Waals surface area contributed by atoms with Crippen molar-refractivity contribution in [1.29, 1.82) is 0 Å². The second kappa shape index (κ2) is 7.54. The molecule has 2 amide bonds. The summed E-state index contributed by atoms with van der Waals surface area (Å²) in [6, 6.07) is 21.7. The third kappa shape index (κ3) is 3.05. The van der Waals surface area contributed by atoms with Crippen LogP contribution < -0.4 is 9.80 Å². The summed E-state index contributed by atoms with van der Waals surface area (Å²) in [6.07, 6.45) is 0.840. The molecule has 4 nitrogen and oxygen atoms in total. The first kappa shape index (κ1) is 19.8. The molecule has 0 radical (unpaired) electrons. The van der Waals surface area contributed by atoms with Crippen LogP contribution in [0.25, 0.3) is 0 Å². The predicted molar refractivity (Wildman–Crippen MR) is 121 cm³/mol. The molecule has 1 spiro atoms. The molecule has 0 saturated carbocycles. The molecule has 0 aromatic heterocycles. The molecular formula is C25H21FN2O2S. The van der Waals surface area contributed by atoms with E-state index in [-0.39, 0.29) is 29.9 Å². The Morgan fingerprint density at radius 3 is 2.55 bits per heavy atom. The molecule has 31 heavy (non-hydrogen) atoms. The number of carbonyl (C=O) groups is 2. The minimum atomic E-state index is -1.15. The van der Waals surface area contributed by atoms with Gasteiger partial charge in [-0.25, -0.2) is 4.39 Å². The Balaban J connectivity index is 1.64. The van der Waals surface area contributed by atoms with Gasteiger partial charge in [0.1, 0.15) is 5.82 Å². The average molecular weight is 433 g/mol. The predicted octanol–water partition coefficient (Wildman–Crippen LogP) is 4.87. The van der Waals surface area contributed by atoms with Gasteiger partial charge in [-0.2, -0.15) is 0 Å². The van der Waals surface area contributed by atoms with E-state index >= 15 is 0 Å². The molecule has 1 atom stereocenters. The molecule has 2 aliphatic rings. The van der Waals surface area contributed by atoms with Gasteiger partial charge in [-0.1, -0.05) is 49.4 Å². The molecule has 1 unspecified atom stereocenters. The Bertz CT molecular complexity index is 1200. The van der Waals surface area contributed by atoms with E-state index in [1.54, 1.807) is 21.9 Å². The second-order valence-electron chi connectivity index (χ2n) is 7.72. The lowest BCUT2D eigenvalue weighted by Gasteiger charge is -2.33. The zero-order chi connectivity index (χ0) is 21.6. The van der Waals surface area contributed by atoms with Crippen molar-refractivity contribution in [1.82, 2.24) is 0 Å². The van der Waals surface area contributed by atoms with Gasteiger partial charge < -0.3 is 4.90 Å². The van der Waals surface area contributed by atoms with Gasteiger partial charge in [-0.05, 0) is 47.9 Å². The van der Waals surface area contributed by atoms with Crippen LogP contribution in [0.15, 0.2) is 72.8 Å². The van der Waals surface area contributed by atoms with E-state index in [9.17, 15) is 14.0 Å². The zero-order valence-electron chi connectivity index (χ0n) is 17.0. The summed E-state index contributed by atoms with van der Waals surface area (Å²) in [4.78, 5) is 29.2. The van der Waals surface area contributed by atoms with Crippen molar-refractivity contribution in [2.24, 2.45) is 0 Å². The van der Waals surface area contributed by atoms with E-state index in [1.165, 1.54) is 23.9 Å². The lowest BCUT2D eigenvalue weighted by atomic mass is 10.0. The average Bonchev–Trinajstić information content (AvgIpc) is 3.25. The summed E-state index contributed by atoms with van der Waals surface area (Å²) in [5, 5.41) is 0. The van der Waals surface area contributed by atoms with Gasteiger partial charge in [0, 0.05) is 11.3 Å². The number of rotatable bonds is 4. The molecule has 2 aliphatic heterocycles. The molecule has 6 heteroatoms. The summed E-state index contributed by atoms with van der Waals surface area (Å²) >= 11 is 1.36. The fraction of sp³-hybridized carbons (Fsp3) is 0.200. The highest BCUT2D eigenvalue weighted by atomic mass is 32.2. The fourth-order valence-corrected chi connectivity index (χ4v) is 5.81. The smallest absolute Gasteiger partial charge is 0.269 e. The normalized spacial score (nSPS) is 20.1. The SMILES string of the molecule is CCc1cccc(N2C(=O)CSC23C(=O)N(Cc2cccc(F)c2)c2ccccc23)c1. The number of hydrogen-bond donors (Lipinski definition) is 0. The van der Waals surface area contributed by atoms with Crippen LogP contribution in [0.5, 0.6) is 0 Å². The van der Waals surface area contributed by atoms with Crippen LogP contribution >= 0.6 is 11.8 Å². The summed E-state index contributed by atoms with van der Waals surface area (Å²) < 4.78 is 13.8. The maximum absolute atomic E-state index is 14.0. The molecule has 3 aromatic rings. The van der Waals surface area contributed by atoms with Crippen molar-refractivity contribution in [2.45, 2.75) is 24.8 Å². The van der Waals surface area contributed by atoms with Crippen LogP contribution in [-0.4, -0.2) is 17.6 Å². The number of fused-ring (bicyclic) bond motifs is 2. The van der Waals surface area contributed by atoms with Gasteiger partial charge in [0.15, 0.2) is 0 Å². The molecule has 3 aromatic carbocycles. The highest BCUT2D eigenvalue weighted by molar-refractivity contribution is 8.02. The van der Waals surface area contributed by atoms with Crippen molar-refractivity contribution >= 4 is 35.0 Å². The second-order valence-corrected chi connectivity index (χ2v) is 8.89. The number of para-hydroxylation sites is 1. The number of hydrogen-bond acceptors (Lipinski definition) is 3. The highest BCUT2D eigenvalue weighted by Gasteiger charge is 2.60. The molecule has 0 N–H and O–H groups in total. The van der Waals surface area contributed by atoms with Crippen molar-refractivity contribution in [2.75, 3.05) is 15.6 Å². The first-order valence-electron chi connectivity index (χ1n) is 10.3. The summed E-state index contributed by atoms with van der Waals surface area (Å²) in [5.41, 5.74) is 4.09. The van der Waals surface area contributed by atoms with Gasteiger partial charge in [0.05, 0.1) is 18.0 Å². The molecule has 2 heterocycles. The van der Waals surface area contributed by atoms with Gasteiger partial charge in [0.25, 0.3) is 5.91 Å². The van der Waals surface area contributed by atoms with Crippen LogP contribution in [0.2, 0.25) is 0 Å². The molecule has 156 valence electrons. The largest absolute Gasteiger partial charge is 0.304 e. The standard InChI is InChI=1S/C25H21FN2O2S/c1-2-17-7-6-10-20(14-17)28-23(29)16-31-25(28)21-11-3-4-12-22(21)27(24(25)30)15-18-8-5-9-19(26)13-18/h3-14H,2,15-16H2,1H3. The van der Waals surface area contributed by atoms with Crippen LogP contribution in [0, 0.1) is 5.82 Å². The highest BCUT2D eigenvalue weighted by Crippen LogP contribution is 2.55.